The summed E-state index contributed by atoms with van der Waals surface area (Å²) in [5.74, 6) is -2.83. The molecule has 0 spiro atoms. The minimum Gasteiger partial charge on any atom is -0.480 e. The molecule has 0 aliphatic carbocycles. The predicted molar refractivity (Wildman–Crippen MR) is 66.5 cm³/mol. The highest BCUT2D eigenvalue weighted by atomic mass is 32.2. The van der Waals surface area contributed by atoms with Gasteiger partial charge in [-0.2, -0.15) is 4.72 Å². The van der Waals surface area contributed by atoms with Gasteiger partial charge in [-0.1, -0.05) is 0 Å². The van der Waals surface area contributed by atoms with Crippen LogP contribution >= 0.6 is 0 Å². The van der Waals surface area contributed by atoms with Crippen LogP contribution in [-0.2, 0) is 14.8 Å². The number of halogens is 1. The van der Waals surface area contributed by atoms with Crippen LogP contribution in [0.1, 0.15) is 6.42 Å². The van der Waals surface area contributed by atoms with E-state index in [1.807, 2.05) is 0 Å². The van der Waals surface area contributed by atoms with Crippen LogP contribution in [0.25, 0.3) is 0 Å². The number of rotatable bonds is 7. The lowest BCUT2D eigenvalue weighted by Crippen LogP contribution is -2.41. The van der Waals surface area contributed by atoms with Crippen molar-refractivity contribution in [3.05, 3.63) is 34.1 Å². The van der Waals surface area contributed by atoms with Gasteiger partial charge in [0.2, 0.25) is 10.0 Å². The summed E-state index contributed by atoms with van der Waals surface area (Å²) in [5, 5.41) is 28.0. The van der Waals surface area contributed by atoms with Gasteiger partial charge in [0.1, 0.15) is 16.8 Å². The Hall–Kier alpha value is -2.11. The Kier molecular flexibility index (Phi) is 5.29. The lowest BCUT2D eigenvalue weighted by atomic mass is 10.2. The summed E-state index contributed by atoms with van der Waals surface area (Å²) in [7, 11) is -4.63. The van der Waals surface area contributed by atoms with E-state index in [4.69, 9.17) is 10.2 Å². The van der Waals surface area contributed by atoms with Crippen molar-refractivity contribution < 1.29 is 32.7 Å². The SMILES string of the molecule is O=C(O)C(CCO)NS(=O)(=O)c1cc([N+](=O)[O-])ccc1F. The number of aliphatic hydroxyl groups is 1. The summed E-state index contributed by atoms with van der Waals surface area (Å²) in [6.07, 6.45) is -0.439. The lowest BCUT2D eigenvalue weighted by Gasteiger charge is -2.13. The second-order valence-electron chi connectivity index (χ2n) is 3.90. The van der Waals surface area contributed by atoms with Crippen LogP contribution in [0.3, 0.4) is 0 Å². The Labute approximate surface area is 118 Å². The number of aliphatic carboxylic acids is 1. The van der Waals surface area contributed by atoms with Gasteiger partial charge in [-0.15, -0.1) is 0 Å². The molecule has 1 atom stereocenters. The van der Waals surface area contributed by atoms with Gasteiger partial charge < -0.3 is 10.2 Å². The molecule has 0 saturated carbocycles. The molecular formula is C10H11FN2O7S. The molecule has 0 heterocycles. The van der Waals surface area contributed by atoms with E-state index in [1.54, 1.807) is 4.72 Å². The maximum atomic E-state index is 13.5. The number of carboxylic acid groups (broad SMARTS) is 1. The minimum atomic E-state index is -4.63. The number of nitrogens with zero attached hydrogens (tertiary/aromatic N) is 1. The first-order chi connectivity index (χ1) is 9.69. The molecule has 0 bridgehead atoms. The molecular weight excluding hydrogens is 311 g/mol. The number of hydrogen-bond acceptors (Lipinski definition) is 6. The van der Waals surface area contributed by atoms with Crippen molar-refractivity contribution in [2.24, 2.45) is 0 Å². The summed E-state index contributed by atoms with van der Waals surface area (Å²) >= 11 is 0. The van der Waals surface area contributed by atoms with Gasteiger partial charge in [0.25, 0.3) is 5.69 Å². The van der Waals surface area contributed by atoms with Crippen LogP contribution in [0.5, 0.6) is 0 Å². The smallest absolute Gasteiger partial charge is 0.321 e. The molecule has 11 heteroatoms. The third kappa shape index (κ3) is 4.18. The Bertz CT molecular complexity index is 661. The number of carboxylic acids is 1. The van der Waals surface area contributed by atoms with Crippen molar-refractivity contribution in [3.8, 4) is 0 Å². The van der Waals surface area contributed by atoms with E-state index in [0.29, 0.717) is 12.1 Å². The molecule has 9 nitrogen and oxygen atoms in total. The van der Waals surface area contributed by atoms with Gasteiger partial charge in [-0.3, -0.25) is 14.9 Å². The zero-order chi connectivity index (χ0) is 16.2. The lowest BCUT2D eigenvalue weighted by molar-refractivity contribution is -0.385. The number of carbonyl (C=O) groups is 1. The minimum absolute atomic E-state index is 0.439. The molecule has 0 aliphatic rings. The Morgan fingerprint density at radius 2 is 2.10 bits per heavy atom. The molecule has 3 N–H and O–H groups in total. The van der Waals surface area contributed by atoms with Crippen LogP contribution in [-0.4, -0.2) is 42.2 Å². The van der Waals surface area contributed by atoms with E-state index in [-0.39, 0.29) is 0 Å². The maximum absolute atomic E-state index is 13.5. The summed E-state index contributed by atoms with van der Waals surface area (Å²) in [4.78, 5) is 19.4. The van der Waals surface area contributed by atoms with Crippen molar-refractivity contribution in [2.75, 3.05) is 6.61 Å². The van der Waals surface area contributed by atoms with Gasteiger partial charge in [0.05, 0.1) is 4.92 Å². The van der Waals surface area contributed by atoms with Gasteiger partial charge >= 0.3 is 5.97 Å². The van der Waals surface area contributed by atoms with Crippen LogP contribution in [0.2, 0.25) is 0 Å². The van der Waals surface area contributed by atoms with Crippen molar-refractivity contribution in [1.29, 1.82) is 0 Å². The molecule has 1 rings (SSSR count). The van der Waals surface area contributed by atoms with E-state index in [2.05, 4.69) is 0 Å². The molecule has 1 unspecified atom stereocenters. The topological polar surface area (TPSA) is 147 Å². The summed E-state index contributed by atoms with van der Waals surface area (Å²) in [5.41, 5.74) is -0.661. The molecule has 0 fully saturated rings. The van der Waals surface area contributed by atoms with E-state index in [9.17, 15) is 27.7 Å². The van der Waals surface area contributed by atoms with Crippen LogP contribution in [0.4, 0.5) is 10.1 Å². The molecule has 0 saturated heterocycles. The van der Waals surface area contributed by atoms with Gasteiger partial charge in [-0.05, 0) is 12.5 Å². The maximum Gasteiger partial charge on any atom is 0.321 e. The summed E-state index contributed by atoms with van der Waals surface area (Å²) < 4.78 is 39.0. The largest absolute Gasteiger partial charge is 0.480 e. The van der Waals surface area contributed by atoms with Crippen LogP contribution in [0, 0.1) is 15.9 Å². The van der Waals surface area contributed by atoms with Crippen molar-refractivity contribution in [1.82, 2.24) is 4.72 Å². The second-order valence-corrected chi connectivity index (χ2v) is 5.58. The van der Waals surface area contributed by atoms with Crippen LogP contribution in [0.15, 0.2) is 23.1 Å². The first kappa shape index (κ1) is 16.9. The fourth-order valence-corrected chi connectivity index (χ4v) is 2.75. The van der Waals surface area contributed by atoms with Crippen molar-refractivity contribution in [3.63, 3.8) is 0 Å². The fourth-order valence-electron chi connectivity index (χ4n) is 1.42. The number of hydrogen-bond donors (Lipinski definition) is 3. The third-order valence-electron chi connectivity index (χ3n) is 2.43. The average Bonchev–Trinajstić information content (AvgIpc) is 2.37. The highest BCUT2D eigenvalue weighted by Gasteiger charge is 2.28. The first-order valence-electron chi connectivity index (χ1n) is 5.49. The molecule has 1 aromatic carbocycles. The number of non-ortho nitro benzene ring substituents is 1. The summed E-state index contributed by atoms with van der Waals surface area (Å²) in [6.45, 7) is -0.614. The highest BCUT2D eigenvalue weighted by molar-refractivity contribution is 7.89. The number of aliphatic hydroxyl groups excluding tert-OH is 1. The molecule has 116 valence electrons. The monoisotopic (exact) mass is 322 g/mol. The molecule has 1 aromatic rings. The molecule has 0 aromatic heterocycles. The van der Waals surface area contributed by atoms with Gasteiger partial charge in [-0.25, -0.2) is 12.8 Å². The third-order valence-corrected chi connectivity index (χ3v) is 3.92. The highest BCUT2D eigenvalue weighted by Crippen LogP contribution is 2.21. The zero-order valence-electron chi connectivity index (χ0n) is 10.4. The molecule has 21 heavy (non-hydrogen) atoms. The van der Waals surface area contributed by atoms with Gasteiger partial charge in [0.15, 0.2) is 0 Å². The van der Waals surface area contributed by atoms with E-state index < -0.39 is 56.4 Å². The number of sulfonamides is 1. The van der Waals surface area contributed by atoms with E-state index >= 15 is 0 Å². The first-order valence-corrected chi connectivity index (χ1v) is 6.97. The quantitative estimate of drug-likeness (QED) is 0.467. The van der Waals surface area contributed by atoms with Crippen LogP contribution < -0.4 is 4.72 Å². The Morgan fingerprint density at radius 1 is 1.48 bits per heavy atom. The molecule has 0 radical (unpaired) electrons. The Morgan fingerprint density at radius 3 is 2.57 bits per heavy atom. The molecule has 0 aliphatic heterocycles. The van der Waals surface area contributed by atoms with Gasteiger partial charge in [0, 0.05) is 18.7 Å². The summed E-state index contributed by atoms with van der Waals surface area (Å²) in [6, 6.07) is 0.166. The second kappa shape index (κ2) is 6.56. The van der Waals surface area contributed by atoms with Crippen molar-refractivity contribution >= 4 is 21.7 Å². The van der Waals surface area contributed by atoms with E-state index in [1.165, 1.54) is 0 Å². The number of nitrogens with one attached hydrogen (secondary N) is 1. The zero-order valence-corrected chi connectivity index (χ0v) is 11.2. The predicted octanol–water partition coefficient (Wildman–Crippen LogP) is -0.152. The van der Waals surface area contributed by atoms with Crippen molar-refractivity contribution in [2.45, 2.75) is 17.4 Å². The average molecular weight is 322 g/mol. The Balaban J connectivity index is 3.21. The molecule has 0 amide bonds. The number of nitro benzene ring substituents is 1. The number of benzene rings is 1. The number of nitro groups is 1. The standard InChI is InChI=1S/C10H11FN2O7S/c11-7-2-1-6(13(17)18)5-9(7)21(19,20)12-8(3-4-14)10(15)16/h1-2,5,8,12,14H,3-4H2,(H,15,16). The van der Waals surface area contributed by atoms with E-state index in [0.717, 1.165) is 6.07 Å². The fraction of sp³-hybridized carbons (Fsp3) is 0.300. The normalized spacial score (nSPS) is 12.9.